The van der Waals surface area contributed by atoms with Gasteiger partial charge in [-0.25, -0.2) is 4.39 Å². The van der Waals surface area contributed by atoms with Crippen LogP contribution in [0.15, 0.2) is 72.9 Å². The fraction of sp³-hybridized carbons (Fsp3) is 0.217. The Kier molecular flexibility index (Phi) is 5.06. The average molecular weight is 376 g/mol. The smallest absolute Gasteiger partial charge is 0.253 e. The number of carbonyl (C=O) groups excluding carboxylic acids is 1. The summed E-state index contributed by atoms with van der Waals surface area (Å²) < 4.78 is 18.7. The molecule has 1 aromatic heterocycles. The van der Waals surface area contributed by atoms with Crippen molar-refractivity contribution in [1.29, 1.82) is 0 Å². The quantitative estimate of drug-likeness (QED) is 0.684. The van der Waals surface area contributed by atoms with E-state index in [-0.39, 0.29) is 23.9 Å². The predicted molar refractivity (Wildman–Crippen MR) is 104 cm³/mol. The van der Waals surface area contributed by atoms with E-state index in [1.54, 1.807) is 30.5 Å². The van der Waals surface area contributed by atoms with Crippen molar-refractivity contribution in [3.05, 3.63) is 95.6 Å². The molecule has 1 heterocycles. The minimum Gasteiger partial charge on any atom is -0.487 e. The van der Waals surface area contributed by atoms with E-state index in [4.69, 9.17) is 4.74 Å². The van der Waals surface area contributed by atoms with Crippen molar-refractivity contribution >= 4 is 5.91 Å². The lowest BCUT2D eigenvalue weighted by Gasteiger charge is -2.43. The number of nitrogens with zero attached hydrogens (tertiary/aromatic N) is 1. The monoisotopic (exact) mass is 376 g/mol. The molecule has 1 fully saturated rings. The molecule has 0 atom stereocenters. The van der Waals surface area contributed by atoms with E-state index in [1.807, 2.05) is 18.2 Å². The first-order chi connectivity index (χ1) is 13.6. The summed E-state index contributed by atoms with van der Waals surface area (Å²) in [4.78, 5) is 17.0. The van der Waals surface area contributed by atoms with Crippen LogP contribution in [0.5, 0.6) is 5.75 Å². The first-order valence-electron chi connectivity index (χ1n) is 9.36. The van der Waals surface area contributed by atoms with Crippen LogP contribution in [0.2, 0.25) is 0 Å². The highest BCUT2D eigenvalue weighted by atomic mass is 19.1. The lowest BCUT2D eigenvalue weighted by molar-refractivity contribution is 0.0823. The van der Waals surface area contributed by atoms with E-state index in [0.717, 1.165) is 24.8 Å². The summed E-state index contributed by atoms with van der Waals surface area (Å²) in [6.07, 6.45) is 4.53. The van der Waals surface area contributed by atoms with E-state index < -0.39 is 0 Å². The van der Waals surface area contributed by atoms with E-state index in [0.29, 0.717) is 17.0 Å². The molecule has 28 heavy (non-hydrogen) atoms. The third kappa shape index (κ3) is 3.88. The van der Waals surface area contributed by atoms with Crippen LogP contribution in [-0.2, 0) is 12.1 Å². The van der Waals surface area contributed by atoms with Gasteiger partial charge in [-0.05, 0) is 49.1 Å². The zero-order valence-corrected chi connectivity index (χ0v) is 15.4. The molecule has 1 aliphatic carbocycles. The van der Waals surface area contributed by atoms with Gasteiger partial charge in [0.1, 0.15) is 18.2 Å². The molecular formula is C23H21FN2O2. The van der Waals surface area contributed by atoms with Crippen LogP contribution in [0.1, 0.15) is 40.9 Å². The Morgan fingerprint density at radius 3 is 2.54 bits per heavy atom. The highest BCUT2D eigenvalue weighted by Gasteiger charge is 2.40. The summed E-state index contributed by atoms with van der Waals surface area (Å²) in [7, 11) is 0. The number of nitrogens with one attached hydrogen (secondary N) is 1. The van der Waals surface area contributed by atoms with E-state index in [9.17, 15) is 9.18 Å². The number of hydrogen-bond donors (Lipinski definition) is 1. The van der Waals surface area contributed by atoms with Gasteiger partial charge in [-0.3, -0.25) is 9.78 Å². The second kappa shape index (κ2) is 7.80. The van der Waals surface area contributed by atoms with E-state index in [2.05, 4.69) is 22.4 Å². The molecule has 1 amide bonds. The van der Waals surface area contributed by atoms with Crippen LogP contribution in [-0.4, -0.2) is 10.9 Å². The van der Waals surface area contributed by atoms with Gasteiger partial charge in [0, 0.05) is 12.3 Å². The molecule has 1 saturated carbocycles. The molecule has 0 bridgehead atoms. The number of halogens is 1. The first-order valence-corrected chi connectivity index (χ1v) is 9.36. The van der Waals surface area contributed by atoms with Gasteiger partial charge in [0.2, 0.25) is 0 Å². The molecule has 142 valence electrons. The summed E-state index contributed by atoms with van der Waals surface area (Å²) in [5.41, 5.74) is 2.04. The Labute approximate surface area is 163 Å². The Bertz CT molecular complexity index is 954. The van der Waals surface area contributed by atoms with Crippen LogP contribution < -0.4 is 10.1 Å². The van der Waals surface area contributed by atoms with Gasteiger partial charge in [0.25, 0.3) is 5.91 Å². The van der Waals surface area contributed by atoms with Crippen molar-refractivity contribution in [1.82, 2.24) is 10.3 Å². The van der Waals surface area contributed by atoms with Gasteiger partial charge in [-0.1, -0.05) is 36.4 Å². The maximum atomic E-state index is 13.2. The third-order valence-electron chi connectivity index (χ3n) is 5.16. The summed E-state index contributed by atoms with van der Waals surface area (Å²) >= 11 is 0. The first kappa shape index (κ1) is 18.2. The molecule has 0 unspecified atom stereocenters. The summed E-state index contributed by atoms with van der Waals surface area (Å²) in [5, 5.41) is 3.19. The van der Waals surface area contributed by atoms with Crippen LogP contribution in [0.25, 0.3) is 0 Å². The molecule has 1 N–H and O–H groups in total. The average Bonchev–Trinajstić information content (AvgIpc) is 2.70. The highest BCUT2D eigenvalue weighted by Crippen LogP contribution is 2.41. The minimum absolute atomic E-state index is 0.131. The molecule has 2 aromatic carbocycles. The van der Waals surface area contributed by atoms with Gasteiger partial charge < -0.3 is 10.1 Å². The maximum absolute atomic E-state index is 13.2. The SMILES string of the molecule is O=C(NC1(c2ccccc2)CCC1)c1ccc(COc2cccc(F)c2)nc1. The van der Waals surface area contributed by atoms with Gasteiger partial charge in [0.15, 0.2) is 0 Å². The van der Waals surface area contributed by atoms with Crippen molar-refractivity contribution < 1.29 is 13.9 Å². The zero-order valence-electron chi connectivity index (χ0n) is 15.4. The third-order valence-corrected chi connectivity index (χ3v) is 5.16. The molecule has 5 heteroatoms. The zero-order chi connectivity index (χ0) is 19.4. The molecule has 4 rings (SSSR count). The number of benzene rings is 2. The fourth-order valence-electron chi connectivity index (χ4n) is 3.42. The fourth-order valence-corrected chi connectivity index (χ4v) is 3.42. The number of ether oxygens (including phenoxy) is 1. The molecule has 0 saturated heterocycles. The molecule has 0 radical (unpaired) electrons. The van der Waals surface area contributed by atoms with Crippen LogP contribution >= 0.6 is 0 Å². The largest absolute Gasteiger partial charge is 0.487 e. The number of aromatic nitrogens is 1. The standard InChI is InChI=1S/C23H21FN2O2/c24-19-8-4-9-21(14-19)28-16-20-11-10-17(15-25-20)22(27)26-23(12-5-13-23)18-6-2-1-3-7-18/h1-4,6-11,14-15H,5,12-13,16H2,(H,26,27). The van der Waals surface area contributed by atoms with Gasteiger partial charge in [-0.2, -0.15) is 0 Å². The van der Waals surface area contributed by atoms with Gasteiger partial charge >= 0.3 is 0 Å². The second-order valence-electron chi connectivity index (χ2n) is 7.04. The van der Waals surface area contributed by atoms with Crippen LogP contribution in [0.3, 0.4) is 0 Å². The van der Waals surface area contributed by atoms with Crippen molar-refractivity contribution in [2.24, 2.45) is 0 Å². The predicted octanol–water partition coefficient (Wildman–Crippen LogP) is 4.61. The number of amides is 1. The summed E-state index contributed by atoms with van der Waals surface area (Å²) in [6.45, 7) is 0.208. The Hall–Kier alpha value is -3.21. The lowest BCUT2D eigenvalue weighted by atomic mass is 9.71. The van der Waals surface area contributed by atoms with Gasteiger partial charge in [-0.15, -0.1) is 0 Å². The van der Waals surface area contributed by atoms with E-state index in [1.165, 1.54) is 12.1 Å². The molecule has 0 aliphatic heterocycles. The Balaban J connectivity index is 1.40. The second-order valence-corrected chi connectivity index (χ2v) is 7.04. The topological polar surface area (TPSA) is 51.2 Å². The van der Waals surface area contributed by atoms with Crippen molar-refractivity contribution in [3.63, 3.8) is 0 Å². The minimum atomic E-state index is -0.346. The van der Waals surface area contributed by atoms with Crippen LogP contribution in [0.4, 0.5) is 4.39 Å². The molecule has 3 aromatic rings. The summed E-state index contributed by atoms with van der Waals surface area (Å²) in [6, 6.07) is 19.6. The highest BCUT2D eigenvalue weighted by molar-refractivity contribution is 5.94. The summed E-state index contributed by atoms with van der Waals surface area (Å²) in [5.74, 6) is -0.0344. The Morgan fingerprint density at radius 2 is 1.89 bits per heavy atom. The lowest BCUT2D eigenvalue weighted by Crippen LogP contribution is -2.50. The molecule has 1 aliphatic rings. The molecule has 0 spiro atoms. The van der Waals surface area contributed by atoms with Crippen molar-refractivity contribution in [2.45, 2.75) is 31.4 Å². The van der Waals surface area contributed by atoms with Crippen molar-refractivity contribution in [3.8, 4) is 5.75 Å². The van der Waals surface area contributed by atoms with Crippen molar-refractivity contribution in [2.75, 3.05) is 0 Å². The Morgan fingerprint density at radius 1 is 1.07 bits per heavy atom. The van der Waals surface area contributed by atoms with Gasteiger partial charge in [0.05, 0.1) is 16.8 Å². The number of rotatable bonds is 6. The maximum Gasteiger partial charge on any atom is 0.253 e. The number of hydrogen-bond acceptors (Lipinski definition) is 3. The molecular weight excluding hydrogens is 355 g/mol. The number of pyridine rings is 1. The number of carbonyl (C=O) groups is 1. The molecule has 4 nitrogen and oxygen atoms in total. The normalized spacial score (nSPS) is 14.8. The van der Waals surface area contributed by atoms with E-state index >= 15 is 0 Å². The van der Waals surface area contributed by atoms with Crippen LogP contribution in [0, 0.1) is 5.82 Å².